The number of rotatable bonds is 5. The van der Waals surface area contributed by atoms with Crippen molar-refractivity contribution in [3.8, 4) is 23.3 Å². The van der Waals surface area contributed by atoms with Gasteiger partial charge in [-0.15, -0.1) is 0 Å². The number of amides is 1. The van der Waals surface area contributed by atoms with Gasteiger partial charge in [-0.1, -0.05) is 41.9 Å². The zero-order valence-corrected chi connectivity index (χ0v) is 28.7. The molecule has 2 aromatic heterocycles. The van der Waals surface area contributed by atoms with Gasteiger partial charge >= 0.3 is 12.1 Å². The summed E-state index contributed by atoms with van der Waals surface area (Å²) in [6.45, 7) is 8.62. The Morgan fingerprint density at radius 3 is 2.59 bits per heavy atom. The number of benzene rings is 2. The van der Waals surface area contributed by atoms with Gasteiger partial charge in [0.1, 0.15) is 29.2 Å². The maximum absolute atomic E-state index is 16.9. The molecule has 49 heavy (non-hydrogen) atoms. The topological polar surface area (TPSA) is 108 Å². The maximum Gasteiger partial charge on any atom is 0.410 e. The summed E-state index contributed by atoms with van der Waals surface area (Å²) in [4.78, 5) is 33.8. The van der Waals surface area contributed by atoms with E-state index in [1.54, 1.807) is 12.3 Å². The van der Waals surface area contributed by atoms with Crippen molar-refractivity contribution in [2.45, 2.75) is 76.1 Å². The first kappa shape index (κ1) is 32.0. The molecule has 8 rings (SSSR count). The van der Waals surface area contributed by atoms with Crippen molar-refractivity contribution in [3.05, 3.63) is 53.4 Å². The Kier molecular flexibility index (Phi) is 7.80. The number of carbonyl (C=O) groups excluding carboxylic acids is 1. The van der Waals surface area contributed by atoms with Gasteiger partial charge in [0, 0.05) is 41.8 Å². The minimum atomic E-state index is -0.601. The lowest BCUT2D eigenvalue weighted by Gasteiger charge is -2.42. The van der Waals surface area contributed by atoms with Crippen LogP contribution in [0.1, 0.15) is 52.9 Å². The van der Waals surface area contributed by atoms with Gasteiger partial charge < -0.3 is 14.4 Å². The number of hydrogen-bond donors (Lipinski definition) is 0. The number of piperazine rings is 1. The largest absolute Gasteiger partial charge is 0.461 e. The number of nitrogens with zero attached hydrogens (tertiary/aromatic N) is 7. The molecule has 4 aliphatic heterocycles. The fourth-order valence-corrected chi connectivity index (χ4v) is 8.86. The van der Waals surface area contributed by atoms with Gasteiger partial charge in [0.15, 0.2) is 5.82 Å². The molecule has 0 radical (unpaired) electrons. The van der Waals surface area contributed by atoms with Gasteiger partial charge in [0.25, 0.3) is 0 Å². The van der Waals surface area contributed by atoms with E-state index in [0.717, 1.165) is 50.6 Å². The highest BCUT2D eigenvalue weighted by Gasteiger charge is 2.52. The molecular formula is C37H39ClFN7O3. The van der Waals surface area contributed by atoms with Crippen molar-refractivity contribution >= 4 is 45.2 Å². The third-order valence-electron chi connectivity index (χ3n) is 10.7. The molecule has 12 heteroatoms. The molecule has 0 saturated carbocycles. The predicted octanol–water partition coefficient (Wildman–Crippen LogP) is 6.98. The van der Waals surface area contributed by atoms with Gasteiger partial charge in [-0.05, 0) is 70.9 Å². The summed E-state index contributed by atoms with van der Waals surface area (Å²) in [5.41, 5.74) is -0.210. The summed E-state index contributed by atoms with van der Waals surface area (Å²) in [7, 11) is 0. The molecule has 4 atom stereocenters. The highest BCUT2D eigenvalue weighted by Crippen LogP contribution is 2.44. The number of halogens is 2. The number of hydrogen-bond acceptors (Lipinski definition) is 9. The molecule has 0 aliphatic carbocycles. The van der Waals surface area contributed by atoms with Crippen molar-refractivity contribution in [1.82, 2.24) is 24.8 Å². The lowest BCUT2D eigenvalue weighted by molar-refractivity contribution is 0.0122. The molecule has 2 bridgehead atoms. The summed E-state index contributed by atoms with van der Waals surface area (Å²) in [6.07, 6.45) is 5.63. The highest BCUT2D eigenvalue weighted by molar-refractivity contribution is 6.36. The van der Waals surface area contributed by atoms with Crippen LogP contribution in [-0.4, -0.2) is 86.9 Å². The quantitative estimate of drug-likeness (QED) is 0.220. The van der Waals surface area contributed by atoms with E-state index >= 15 is 4.39 Å². The van der Waals surface area contributed by atoms with Crippen LogP contribution in [0.3, 0.4) is 0 Å². The Bertz CT molecular complexity index is 2000. The van der Waals surface area contributed by atoms with Crippen LogP contribution in [0.5, 0.6) is 6.01 Å². The smallest absolute Gasteiger partial charge is 0.410 e. The van der Waals surface area contributed by atoms with E-state index in [1.807, 2.05) is 56.0 Å². The summed E-state index contributed by atoms with van der Waals surface area (Å²) in [6, 6.07) is 13.6. The second-order valence-electron chi connectivity index (χ2n) is 14.8. The van der Waals surface area contributed by atoms with Gasteiger partial charge in [-0.3, -0.25) is 14.8 Å². The van der Waals surface area contributed by atoms with Crippen LogP contribution in [0.15, 0.2) is 42.6 Å². The van der Waals surface area contributed by atoms with Crippen LogP contribution in [-0.2, 0) is 4.74 Å². The summed E-state index contributed by atoms with van der Waals surface area (Å²) in [5, 5.41) is 12.6. The first-order chi connectivity index (χ1) is 23.6. The van der Waals surface area contributed by atoms with Gasteiger partial charge in [-0.2, -0.15) is 15.2 Å². The molecule has 4 aliphatic rings. The fraction of sp³-hybridized carbons (Fsp3) is 0.486. The maximum atomic E-state index is 16.9. The average molecular weight is 684 g/mol. The number of fused-ring (bicyclic) bond motifs is 5. The minimum absolute atomic E-state index is 0.0567. The average Bonchev–Trinajstić information content (AvgIpc) is 3.72. The van der Waals surface area contributed by atoms with Gasteiger partial charge in [0.2, 0.25) is 0 Å². The van der Waals surface area contributed by atoms with Crippen molar-refractivity contribution in [3.63, 3.8) is 0 Å². The van der Waals surface area contributed by atoms with E-state index in [2.05, 4.69) is 25.8 Å². The summed E-state index contributed by atoms with van der Waals surface area (Å²) < 4.78 is 29.1. The number of aromatic nitrogens is 3. The lowest BCUT2D eigenvalue weighted by atomic mass is 9.85. The SMILES string of the molecule is CC(C)(C)OC(=O)N1[C@@H]2CC[C@H]1CN(c1nc(OCC34CCCN3CCC4C#N)nc3c(F)c(-c4cccc5cccc(Cl)c45)ncc13)C2. The standard InChI is InChI=1S/C37H39ClFN7O3/c1-36(2,3)49-35(47)46-24-11-12-25(46)20-44(19-24)33-27-18-41-31(26-9-4-7-22-8-5-10-28(38)29(22)26)30(39)32(27)42-34(43-33)48-21-37-14-6-15-45(37)16-13-23(37)17-40/h4-5,7-10,18,23-25H,6,11-16,19-21H2,1-3H3/t23?,24-,25+,37?. The summed E-state index contributed by atoms with van der Waals surface area (Å²) >= 11 is 6.64. The molecule has 10 nitrogen and oxygen atoms in total. The zero-order chi connectivity index (χ0) is 34.1. The fourth-order valence-electron chi connectivity index (χ4n) is 8.57. The van der Waals surface area contributed by atoms with Crippen LogP contribution in [0.2, 0.25) is 5.02 Å². The second kappa shape index (κ2) is 12.0. The first-order valence-electron chi connectivity index (χ1n) is 17.1. The number of anilines is 1. The Hall–Kier alpha value is -4.27. The van der Waals surface area contributed by atoms with Crippen LogP contribution < -0.4 is 9.64 Å². The van der Waals surface area contributed by atoms with Gasteiger partial charge in [0.05, 0.1) is 35.0 Å². The lowest BCUT2D eigenvalue weighted by Crippen LogP contribution is -2.57. The highest BCUT2D eigenvalue weighted by atomic mass is 35.5. The molecule has 2 aromatic carbocycles. The van der Waals surface area contributed by atoms with Crippen LogP contribution in [0.4, 0.5) is 15.0 Å². The van der Waals surface area contributed by atoms with Crippen LogP contribution in [0.25, 0.3) is 32.9 Å². The number of nitriles is 1. The molecule has 254 valence electrons. The van der Waals surface area contributed by atoms with Crippen molar-refractivity contribution in [2.24, 2.45) is 5.92 Å². The summed E-state index contributed by atoms with van der Waals surface area (Å²) in [5.74, 6) is -0.237. The molecule has 4 saturated heterocycles. The number of ether oxygens (including phenoxy) is 2. The number of pyridine rings is 1. The predicted molar refractivity (Wildman–Crippen MR) is 185 cm³/mol. The molecule has 4 fully saturated rings. The Balaban J connectivity index is 1.21. The minimum Gasteiger partial charge on any atom is -0.461 e. The van der Waals surface area contributed by atoms with E-state index < -0.39 is 17.0 Å². The van der Waals surface area contributed by atoms with Crippen LogP contribution in [0, 0.1) is 23.1 Å². The molecule has 1 amide bonds. The molecule has 2 unspecified atom stereocenters. The van der Waals surface area contributed by atoms with E-state index in [4.69, 9.17) is 26.1 Å². The number of carbonyl (C=O) groups is 1. The van der Waals surface area contributed by atoms with Crippen molar-refractivity contribution < 1.29 is 18.7 Å². The van der Waals surface area contributed by atoms with Crippen molar-refractivity contribution in [1.29, 1.82) is 5.26 Å². The molecule has 6 heterocycles. The Morgan fingerprint density at radius 1 is 1.10 bits per heavy atom. The van der Waals surface area contributed by atoms with Crippen molar-refractivity contribution in [2.75, 3.05) is 37.7 Å². The molecule has 0 spiro atoms. The van der Waals surface area contributed by atoms with E-state index in [9.17, 15) is 10.1 Å². The third-order valence-corrected chi connectivity index (χ3v) is 11.1. The monoisotopic (exact) mass is 683 g/mol. The van der Waals surface area contributed by atoms with Gasteiger partial charge in [-0.25, -0.2) is 9.18 Å². The Morgan fingerprint density at radius 2 is 1.86 bits per heavy atom. The first-order valence-corrected chi connectivity index (χ1v) is 17.5. The zero-order valence-electron chi connectivity index (χ0n) is 28.0. The second-order valence-corrected chi connectivity index (χ2v) is 15.2. The van der Waals surface area contributed by atoms with E-state index in [1.165, 1.54) is 0 Å². The van der Waals surface area contributed by atoms with E-state index in [0.29, 0.717) is 40.3 Å². The Labute approximate surface area is 289 Å². The molecule has 4 aromatic rings. The van der Waals surface area contributed by atoms with E-state index in [-0.39, 0.29) is 47.9 Å². The van der Waals surface area contributed by atoms with Crippen LogP contribution >= 0.6 is 11.6 Å². The normalized spacial score (nSPS) is 25.2. The molecule has 0 N–H and O–H groups in total. The third kappa shape index (κ3) is 5.40. The molecular weight excluding hydrogens is 645 g/mol.